The fourth-order valence-electron chi connectivity index (χ4n) is 5.27. The Morgan fingerprint density at radius 1 is 0.927 bits per heavy atom. The Bertz CT molecular complexity index is 1860. The number of nitrogens with one attached hydrogen (secondary N) is 2. The van der Waals surface area contributed by atoms with Crippen LogP contribution in [0.25, 0.3) is 56.0 Å². The van der Waals surface area contributed by atoms with E-state index >= 15 is 0 Å². The molecule has 41 heavy (non-hydrogen) atoms. The van der Waals surface area contributed by atoms with E-state index in [1.807, 2.05) is 18.2 Å². The summed E-state index contributed by atoms with van der Waals surface area (Å²) < 4.78 is 25.5. The number of benzene rings is 1. The van der Waals surface area contributed by atoms with Gasteiger partial charge >= 0.3 is 0 Å². The van der Waals surface area contributed by atoms with Gasteiger partial charge in [-0.3, -0.25) is 20.0 Å². The highest BCUT2D eigenvalue weighted by molar-refractivity contribution is 5.96. The quantitative estimate of drug-likeness (QED) is 0.264. The molecular formula is C30H27FN8O2. The molecule has 0 amide bonds. The molecule has 206 valence electrons. The third-order valence-electron chi connectivity index (χ3n) is 7.34. The Kier molecular flexibility index (Phi) is 6.48. The van der Waals surface area contributed by atoms with Gasteiger partial charge in [0.1, 0.15) is 35.1 Å². The van der Waals surface area contributed by atoms with E-state index in [-0.39, 0.29) is 0 Å². The predicted octanol–water partition coefficient (Wildman–Crippen LogP) is 5.25. The first kappa shape index (κ1) is 25.1. The molecule has 0 aliphatic carbocycles. The maximum absolute atomic E-state index is 14.3. The van der Waals surface area contributed by atoms with Crippen LogP contribution in [0.4, 0.5) is 4.39 Å². The van der Waals surface area contributed by atoms with Crippen molar-refractivity contribution >= 4 is 22.1 Å². The van der Waals surface area contributed by atoms with Crippen molar-refractivity contribution < 1.29 is 13.9 Å². The highest BCUT2D eigenvalue weighted by Gasteiger charge is 2.18. The molecule has 5 aromatic heterocycles. The first-order chi connectivity index (χ1) is 20.1. The maximum Gasteiger partial charge on any atom is 0.159 e. The average molecular weight is 551 g/mol. The van der Waals surface area contributed by atoms with E-state index < -0.39 is 5.82 Å². The summed E-state index contributed by atoms with van der Waals surface area (Å²) in [4.78, 5) is 24.1. The zero-order valence-electron chi connectivity index (χ0n) is 22.4. The van der Waals surface area contributed by atoms with Crippen LogP contribution in [0.3, 0.4) is 0 Å². The van der Waals surface area contributed by atoms with Crippen LogP contribution in [0.15, 0.2) is 61.2 Å². The summed E-state index contributed by atoms with van der Waals surface area (Å²) in [6.45, 7) is 3.82. The minimum Gasteiger partial charge on any atom is -0.497 e. The lowest BCUT2D eigenvalue weighted by atomic mass is 10.1. The van der Waals surface area contributed by atoms with Gasteiger partial charge in [0.25, 0.3) is 0 Å². The molecule has 6 heterocycles. The number of aromatic nitrogens is 7. The van der Waals surface area contributed by atoms with E-state index in [1.165, 1.54) is 32.1 Å². The molecule has 0 saturated carbocycles. The van der Waals surface area contributed by atoms with E-state index in [4.69, 9.17) is 14.5 Å². The van der Waals surface area contributed by atoms with E-state index in [0.29, 0.717) is 46.3 Å². The highest BCUT2D eigenvalue weighted by atomic mass is 19.1. The van der Waals surface area contributed by atoms with Crippen LogP contribution in [0, 0.1) is 5.82 Å². The smallest absolute Gasteiger partial charge is 0.159 e. The maximum atomic E-state index is 14.3. The Balaban J connectivity index is 1.21. The number of H-pyrrole nitrogens is 2. The molecule has 1 aliphatic heterocycles. The number of hydrogen-bond acceptors (Lipinski definition) is 8. The van der Waals surface area contributed by atoms with E-state index in [9.17, 15) is 4.39 Å². The molecule has 0 radical (unpaired) electrons. The molecule has 6 aromatic rings. The average Bonchev–Trinajstić information content (AvgIpc) is 3.76. The minimum absolute atomic E-state index is 0.405. The predicted molar refractivity (Wildman–Crippen MR) is 153 cm³/mol. The van der Waals surface area contributed by atoms with Crippen LogP contribution in [0.1, 0.15) is 12.8 Å². The molecule has 1 aromatic carbocycles. The number of methoxy groups -OCH3 is 1. The van der Waals surface area contributed by atoms with Gasteiger partial charge in [0.2, 0.25) is 0 Å². The summed E-state index contributed by atoms with van der Waals surface area (Å²) in [5, 5.41) is 8.30. The summed E-state index contributed by atoms with van der Waals surface area (Å²) in [6.07, 6.45) is 9.49. The van der Waals surface area contributed by atoms with Gasteiger partial charge in [0.05, 0.1) is 29.9 Å². The summed E-state index contributed by atoms with van der Waals surface area (Å²) in [5.41, 5.74) is 5.45. The van der Waals surface area contributed by atoms with Gasteiger partial charge in [-0.05, 0) is 56.3 Å². The molecular weight excluding hydrogens is 523 g/mol. The van der Waals surface area contributed by atoms with Gasteiger partial charge in [-0.25, -0.2) is 14.4 Å². The second-order valence-corrected chi connectivity index (χ2v) is 10.0. The zero-order valence-corrected chi connectivity index (χ0v) is 22.4. The Morgan fingerprint density at radius 3 is 2.66 bits per heavy atom. The lowest BCUT2D eigenvalue weighted by Gasteiger charge is -2.15. The molecule has 7 rings (SSSR count). The van der Waals surface area contributed by atoms with Crippen molar-refractivity contribution in [1.82, 2.24) is 40.0 Å². The largest absolute Gasteiger partial charge is 0.497 e. The van der Waals surface area contributed by atoms with Crippen LogP contribution in [-0.2, 0) is 0 Å². The van der Waals surface area contributed by atoms with Crippen LogP contribution in [0.2, 0.25) is 0 Å². The number of rotatable bonds is 8. The summed E-state index contributed by atoms with van der Waals surface area (Å²) >= 11 is 0. The number of likely N-dealkylation sites (tertiary alicyclic amines) is 1. The molecule has 1 saturated heterocycles. The van der Waals surface area contributed by atoms with Crippen LogP contribution < -0.4 is 9.47 Å². The monoisotopic (exact) mass is 550 g/mol. The Labute approximate surface area is 234 Å². The van der Waals surface area contributed by atoms with Gasteiger partial charge in [-0.2, -0.15) is 5.10 Å². The van der Waals surface area contributed by atoms with Crippen molar-refractivity contribution in [2.24, 2.45) is 0 Å². The molecule has 11 heteroatoms. The molecule has 10 nitrogen and oxygen atoms in total. The lowest BCUT2D eigenvalue weighted by Crippen LogP contribution is -2.25. The van der Waals surface area contributed by atoms with Crippen molar-refractivity contribution in [1.29, 1.82) is 0 Å². The molecule has 0 atom stereocenters. The number of pyridine rings is 3. The fraction of sp³-hybridized carbons (Fsp3) is 0.233. The first-order valence-electron chi connectivity index (χ1n) is 13.5. The molecule has 0 unspecified atom stereocenters. The summed E-state index contributed by atoms with van der Waals surface area (Å²) in [5.74, 6) is 1.25. The first-order valence-corrected chi connectivity index (χ1v) is 13.5. The van der Waals surface area contributed by atoms with Gasteiger partial charge in [0, 0.05) is 47.9 Å². The van der Waals surface area contributed by atoms with E-state index in [2.05, 4.69) is 35.0 Å². The van der Waals surface area contributed by atoms with Crippen molar-refractivity contribution in [3.8, 4) is 45.4 Å². The second-order valence-electron chi connectivity index (χ2n) is 10.0. The SMILES string of the molecule is COc1cc(F)cc(-c2nccc3[nH]c(-c4n[nH]c5ncc(-c6cncc(OCCN7CCCC7)c6)cc45)nc23)c1. The Hall–Kier alpha value is -4.90. The van der Waals surface area contributed by atoms with Crippen molar-refractivity contribution in [3.05, 3.63) is 67.0 Å². The number of imidazole rings is 1. The molecule has 0 spiro atoms. The van der Waals surface area contributed by atoms with Crippen LogP contribution in [0.5, 0.6) is 11.5 Å². The normalized spacial score (nSPS) is 13.8. The van der Waals surface area contributed by atoms with Gasteiger partial charge < -0.3 is 14.5 Å². The topological polar surface area (TPSA) is 118 Å². The number of hydrogen-bond donors (Lipinski definition) is 2. The zero-order chi connectivity index (χ0) is 27.8. The third-order valence-corrected chi connectivity index (χ3v) is 7.34. The van der Waals surface area contributed by atoms with Crippen molar-refractivity contribution in [3.63, 3.8) is 0 Å². The lowest BCUT2D eigenvalue weighted by molar-refractivity contribution is 0.237. The second kappa shape index (κ2) is 10.6. The number of aromatic amines is 2. The number of nitrogens with zero attached hydrogens (tertiary/aromatic N) is 6. The van der Waals surface area contributed by atoms with Gasteiger partial charge in [-0.15, -0.1) is 0 Å². The number of fused-ring (bicyclic) bond motifs is 2. The van der Waals surface area contributed by atoms with Crippen molar-refractivity contribution in [2.45, 2.75) is 12.8 Å². The van der Waals surface area contributed by atoms with Gasteiger partial charge in [0.15, 0.2) is 11.5 Å². The standard InChI is InChI=1S/C30H27FN8O2/c1-40-22-11-18(10-21(31)14-22)26-28-25(4-5-33-26)35-30(36-28)27-24-13-20(16-34-29(24)38-37-27)19-12-23(17-32-15-19)41-9-8-39-6-2-3-7-39/h4-5,10-17H,2-3,6-9H2,1H3,(H,35,36)(H,34,37,38). The third kappa shape index (κ3) is 4.95. The molecule has 1 fully saturated rings. The molecule has 0 bridgehead atoms. The highest BCUT2D eigenvalue weighted by Crippen LogP contribution is 2.33. The van der Waals surface area contributed by atoms with Crippen molar-refractivity contribution in [2.75, 3.05) is 33.4 Å². The van der Waals surface area contributed by atoms with E-state index in [1.54, 1.807) is 30.9 Å². The minimum atomic E-state index is -0.415. The van der Waals surface area contributed by atoms with Crippen LogP contribution in [-0.4, -0.2) is 73.4 Å². The Morgan fingerprint density at radius 2 is 1.78 bits per heavy atom. The van der Waals surface area contributed by atoms with Crippen LogP contribution >= 0.6 is 0 Å². The number of halogens is 1. The fourth-order valence-corrected chi connectivity index (χ4v) is 5.27. The van der Waals surface area contributed by atoms with E-state index in [0.717, 1.165) is 47.4 Å². The molecule has 1 aliphatic rings. The van der Waals surface area contributed by atoms with Gasteiger partial charge in [-0.1, -0.05) is 0 Å². The summed E-state index contributed by atoms with van der Waals surface area (Å²) in [6, 6.07) is 10.3. The summed E-state index contributed by atoms with van der Waals surface area (Å²) in [7, 11) is 1.50. The number of ether oxygens (including phenoxy) is 2. The molecule has 2 N–H and O–H groups in total.